The maximum Gasteiger partial charge on any atom is 0.224 e. The van der Waals surface area contributed by atoms with Gasteiger partial charge in [-0.05, 0) is 48.7 Å². The summed E-state index contributed by atoms with van der Waals surface area (Å²) in [5, 5.41) is 6.39. The quantitative estimate of drug-likeness (QED) is 0.656. The molecule has 1 aliphatic rings. The second kappa shape index (κ2) is 10.8. The van der Waals surface area contributed by atoms with Crippen molar-refractivity contribution >= 4 is 5.91 Å². The number of piperazine rings is 1. The van der Waals surface area contributed by atoms with Gasteiger partial charge in [0.15, 0.2) is 0 Å². The Balaban J connectivity index is 1.39. The van der Waals surface area contributed by atoms with Gasteiger partial charge in [-0.25, -0.2) is 0 Å². The lowest BCUT2D eigenvalue weighted by molar-refractivity contribution is -0.120. The van der Waals surface area contributed by atoms with Crippen LogP contribution in [0.5, 0.6) is 5.75 Å². The van der Waals surface area contributed by atoms with Crippen LogP contribution in [0.3, 0.4) is 0 Å². The fourth-order valence-corrected chi connectivity index (χ4v) is 3.39. The van der Waals surface area contributed by atoms with Crippen LogP contribution in [-0.2, 0) is 17.8 Å². The number of nitrogens with zero attached hydrogens (tertiary/aromatic N) is 1. The molecular weight excluding hydrogens is 350 g/mol. The molecule has 0 aromatic heterocycles. The van der Waals surface area contributed by atoms with E-state index in [4.69, 9.17) is 4.74 Å². The maximum absolute atomic E-state index is 12.2. The Bertz CT molecular complexity index is 757. The summed E-state index contributed by atoms with van der Waals surface area (Å²) in [6.07, 6.45) is 1.38. The maximum atomic E-state index is 12.2. The van der Waals surface area contributed by atoms with E-state index in [0.717, 1.165) is 57.0 Å². The minimum Gasteiger partial charge on any atom is -0.489 e. The van der Waals surface area contributed by atoms with E-state index in [1.165, 1.54) is 11.1 Å². The molecule has 0 spiro atoms. The topological polar surface area (TPSA) is 53.6 Å². The Labute approximate surface area is 168 Å². The fourth-order valence-electron chi connectivity index (χ4n) is 3.39. The first-order valence-electron chi connectivity index (χ1n) is 10.2. The predicted octanol–water partition coefficient (Wildman–Crippen LogP) is 2.53. The van der Waals surface area contributed by atoms with Gasteiger partial charge in [0.2, 0.25) is 5.91 Å². The number of benzene rings is 2. The molecule has 2 aromatic carbocycles. The van der Waals surface area contributed by atoms with Crippen molar-refractivity contribution in [2.45, 2.75) is 26.4 Å². The van der Waals surface area contributed by atoms with E-state index in [-0.39, 0.29) is 5.91 Å². The summed E-state index contributed by atoms with van der Waals surface area (Å²) in [5.41, 5.74) is 3.37. The van der Waals surface area contributed by atoms with Gasteiger partial charge < -0.3 is 20.3 Å². The average molecular weight is 382 g/mol. The van der Waals surface area contributed by atoms with E-state index < -0.39 is 0 Å². The summed E-state index contributed by atoms with van der Waals surface area (Å²) in [7, 11) is 0. The second-order valence-corrected chi connectivity index (χ2v) is 7.33. The van der Waals surface area contributed by atoms with Crippen LogP contribution in [0.2, 0.25) is 0 Å². The largest absolute Gasteiger partial charge is 0.489 e. The second-order valence-electron chi connectivity index (χ2n) is 7.33. The Morgan fingerprint density at radius 1 is 1.14 bits per heavy atom. The summed E-state index contributed by atoms with van der Waals surface area (Å²) in [6.45, 7) is 8.72. The first kappa shape index (κ1) is 20.4. The summed E-state index contributed by atoms with van der Waals surface area (Å²) in [6, 6.07) is 16.0. The van der Waals surface area contributed by atoms with Gasteiger partial charge in [0.25, 0.3) is 0 Å². The average Bonchev–Trinajstić information content (AvgIpc) is 2.72. The van der Waals surface area contributed by atoms with Crippen LogP contribution < -0.4 is 15.4 Å². The minimum absolute atomic E-state index is 0.0661. The first-order chi connectivity index (χ1) is 13.7. The van der Waals surface area contributed by atoms with Crippen molar-refractivity contribution in [1.29, 1.82) is 0 Å². The molecule has 1 amide bonds. The molecule has 28 heavy (non-hydrogen) atoms. The van der Waals surface area contributed by atoms with E-state index >= 15 is 0 Å². The molecule has 1 aliphatic heterocycles. The molecule has 3 rings (SSSR count). The van der Waals surface area contributed by atoms with Crippen LogP contribution in [0.15, 0.2) is 48.5 Å². The lowest BCUT2D eigenvalue weighted by Crippen LogP contribution is -2.44. The molecule has 0 radical (unpaired) electrons. The molecule has 150 valence electrons. The van der Waals surface area contributed by atoms with Gasteiger partial charge in [0, 0.05) is 32.7 Å². The van der Waals surface area contributed by atoms with Crippen molar-refractivity contribution in [3.05, 3.63) is 65.2 Å². The Kier molecular flexibility index (Phi) is 7.88. The molecule has 1 saturated heterocycles. The third kappa shape index (κ3) is 6.66. The predicted molar refractivity (Wildman–Crippen MR) is 113 cm³/mol. The van der Waals surface area contributed by atoms with Gasteiger partial charge in [-0.2, -0.15) is 0 Å². The molecule has 0 bridgehead atoms. The number of hydrogen-bond acceptors (Lipinski definition) is 4. The van der Waals surface area contributed by atoms with Crippen LogP contribution >= 0.6 is 0 Å². The zero-order valence-electron chi connectivity index (χ0n) is 16.7. The number of hydrogen-bond donors (Lipinski definition) is 2. The van der Waals surface area contributed by atoms with Crippen LogP contribution in [0.1, 0.15) is 23.1 Å². The molecule has 2 N–H and O–H groups in total. The molecule has 0 atom stereocenters. The van der Waals surface area contributed by atoms with Crippen LogP contribution in [-0.4, -0.2) is 50.1 Å². The highest BCUT2D eigenvalue weighted by molar-refractivity contribution is 5.78. The molecule has 5 nitrogen and oxygen atoms in total. The zero-order valence-corrected chi connectivity index (χ0v) is 16.7. The number of carbonyl (C=O) groups excluding carboxylic acids is 1. The lowest BCUT2D eigenvalue weighted by Gasteiger charge is -2.27. The standard InChI is InChI=1S/C23H31N3O2/c1-19-6-2-3-8-21(19)18-28-22-9-4-7-20(16-22)17-23(27)25-10-5-13-26-14-11-24-12-15-26/h2-4,6-9,16,24H,5,10-15,17-18H2,1H3,(H,25,27). The summed E-state index contributed by atoms with van der Waals surface area (Å²) >= 11 is 0. The Morgan fingerprint density at radius 3 is 2.79 bits per heavy atom. The number of amides is 1. The van der Waals surface area contributed by atoms with Crippen molar-refractivity contribution in [3.8, 4) is 5.75 Å². The van der Waals surface area contributed by atoms with Crippen LogP contribution in [0.25, 0.3) is 0 Å². The highest BCUT2D eigenvalue weighted by atomic mass is 16.5. The van der Waals surface area contributed by atoms with E-state index in [0.29, 0.717) is 13.0 Å². The molecule has 0 aliphatic carbocycles. The van der Waals surface area contributed by atoms with Gasteiger partial charge in [0.1, 0.15) is 12.4 Å². The first-order valence-corrected chi connectivity index (χ1v) is 10.2. The number of carbonyl (C=O) groups is 1. The van der Waals surface area contributed by atoms with Crippen molar-refractivity contribution in [2.24, 2.45) is 0 Å². The van der Waals surface area contributed by atoms with Gasteiger partial charge >= 0.3 is 0 Å². The molecule has 1 heterocycles. The number of aryl methyl sites for hydroxylation is 1. The molecule has 1 fully saturated rings. The fraction of sp³-hybridized carbons (Fsp3) is 0.435. The minimum atomic E-state index is 0.0661. The van der Waals surface area contributed by atoms with E-state index in [1.807, 2.05) is 36.4 Å². The summed E-state index contributed by atoms with van der Waals surface area (Å²) in [5.74, 6) is 0.864. The number of rotatable bonds is 9. The smallest absolute Gasteiger partial charge is 0.224 e. The molecule has 0 unspecified atom stereocenters. The summed E-state index contributed by atoms with van der Waals surface area (Å²) in [4.78, 5) is 14.7. The van der Waals surface area contributed by atoms with Crippen molar-refractivity contribution < 1.29 is 9.53 Å². The van der Waals surface area contributed by atoms with Gasteiger partial charge in [0.05, 0.1) is 6.42 Å². The van der Waals surface area contributed by atoms with Crippen LogP contribution in [0, 0.1) is 6.92 Å². The molecule has 0 saturated carbocycles. The zero-order chi connectivity index (χ0) is 19.6. The highest BCUT2D eigenvalue weighted by Gasteiger charge is 2.09. The van der Waals surface area contributed by atoms with Gasteiger partial charge in [-0.1, -0.05) is 36.4 Å². The van der Waals surface area contributed by atoms with E-state index in [1.54, 1.807) is 0 Å². The van der Waals surface area contributed by atoms with Crippen molar-refractivity contribution in [2.75, 3.05) is 39.3 Å². The lowest BCUT2D eigenvalue weighted by atomic mass is 10.1. The van der Waals surface area contributed by atoms with Crippen molar-refractivity contribution in [3.63, 3.8) is 0 Å². The third-order valence-corrected chi connectivity index (χ3v) is 5.10. The Morgan fingerprint density at radius 2 is 1.96 bits per heavy atom. The van der Waals surface area contributed by atoms with Crippen LogP contribution in [0.4, 0.5) is 0 Å². The van der Waals surface area contributed by atoms with Gasteiger partial charge in [-0.15, -0.1) is 0 Å². The third-order valence-electron chi connectivity index (χ3n) is 5.10. The molecular formula is C23H31N3O2. The molecule has 5 heteroatoms. The number of ether oxygens (including phenoxy) is 1. The van der Waals surface area contributed by atoms with E-state index in [9.17, 15) is 4.79 Å². The van der Waals surface area contributed by atoms with Gasteiger partial charge in [-0.3, -0.25) is 4.79 Å². The Hall–Kier alpha value is -2.37. The SMILES string of the molecule is Cc1ccccc1COc1cccc(CC(=O)NCCCN2CCNCC2)c1. The van der Waals surface area contributed by atoms with E-state index in [2.05, 4.69) is 34.6 Å². The monoisotopic (exact) mass is 381 g/mol. The molecule has 2 aromatic rings. The normalized spacial score (nSPS) is 14.6. The number of nitrogens with one attached hydrogen (secondary N) is 2. The highest BCUT2D eigenvalue weighted by Crippen LogP contribution is 2.17. The summed E-state index contributed by atoms with van der Waals surface area (Å²) < 4.78 is 5.92. The van der Waals surface area contributed by atoms with Crippen molar-refractivity contribution in [1.82, 2.24) is 15.5 Å².